The number of carbonyl (C=O) groups is 1. The molecular formula is C8H13F2NO. The number of ketones is 1. The Morgan fingerprint density at radius 2 is 1.92 bits per heavy atom. The molecule has 1 aliphatic rings. The molecule has 0 bridgehead atoms. The fraction of sp³-hybridized carbons (Fsp3) is 0.875. The summed E-state index contributed by atoms with van der Waals surface area (Å²) in [6.45, 7) is 1.74. The molecule has 2 nitrogen and oxygen atoms in total. The van der Waals surface area contributed by atoms with Gasteiger partial charge in [0.25, 0.3) is 0 Å². The summed E-state index contributed by atoms with van der Waals surface area (Å²) in [5.74, 6) is 0.253. The first-order valence-electron chi connectivity index (χ1n) is 4.20. The van der Waals surface area contributed by atoms with Gasteiger partial charge in [-0.25, -0.2) is 8.78 Å². The summed E-state index contributed by atoms with van der Waals surface area (Å²) >= 11 is 0. The lowest BCUT2D eigenvalue weighted by atomic mass is 10.1. The summed E-state index contributed by atoms with van der Waals surface area (Å²) in [6, 6.07) is 0. The van der Waals surface area contributed by atoms with Gasteiger partial charge in [0.05, 0.1) is 0 Å². The normalized spacial score (nSPS) is 20.4. The van der Waals surface area contributed by atoms with Gasteiger partial charge in [0.2, 0.25) is 6.43 Å². The van der Waals surface area contributed by atoms with Gasteiger partial charge in [0, 0.05) is 38.9 Å². The molecule has 1 aliphatic heterocycles. The molecule has 0 aromatic rings. The number of likely N-dealkylation sites (tertiary alicyclic amines) is 1. The second-order valence-electron chi connectivity index (χ2n) is 3.06. The molecule has 1 rings (SSSR count). The zero-order valence-corrected chi connectivity index (χ0v) is 6.93. The first kappa shape index (κ1) is 9.58. The molecule has 0 saturated carbocycles. The van der Waals surface area contributed by atoms with E-state index in [1.807, 2.05) is 4.90 Å². The Morgan fingerprint density at radius 3 is 2.42 bits per heavy atom. The summed E-state index contributed by atoms with van der Waals surface area (Å²) in [4.78, 5) is 12.7. The Bertz CT molecular complexity index is 151. The van der Waals surface area contributed by atoms with Gasteiger partial charge in [0.1, 0.15) is 5.78 Å². The molecule has 70 valence electrons. The highest BCUT2D eigenvalue weighted by molar-refractivity contribution is 5.79. The van der Waals surface area contributed by atoms with Crippen LogP contribution < -0.4 is 0 Å². The maximum absolute atomic E-state index is 11.8. The maximum atomic E-state index is 11.8. The van der Waals surface area contributed by atoms with Gasteiger partial charge in [-0.15, -0.1) is 0 Å². The van der Waals surface area contributed by atoms with Crippen molar-refractivity contribution in [3.63, 3.8) is 0 Å². The smallest absolute Gasteiger partial charge is 0.239 e. The van der Waals surface area contributed by atoms with Crippen molar-refractivity contribution in [3.05, 3.63) is 0 Å². The van der Waals surface area contributed by atoms with Crippen LogP contribution in [0.5, 0.6) is 0 Å². The highest BCUT2D eigenvalue weighted by atomic mass is 19.3. The van der Waals surface area contributed by atoms with Crippen LogP contribution in [-0.2, 0) is 4.79 Å². The van der Waals surface area contributed by atoms with E-state index in [2.05, 4.69) is 0 Å². The summed E-state index contributed by atoms with van der Waals surface area (Å²) in [6.07, 6.45) is -1.23. The molecule has 0 aromatic heterocycles. The van der Waals surface area contributed by atoms with Crippen molar-refractivity contribution >= 4 is 5.78 Å². The van der Waals surface area contributed by atoms with E-state index in [4.69, 9.17) is 0 Å². The van der Waals surface area contributed by atoms with Crippen molar-refractivity contribution < 1.29 is 13.6 Å². The van der Waals surface area contributed by atoms with Gasteiger partial charge >= 0.3 is 0 Å². The van der Waals surface area contributed by atoms with Crippen LogP contribution in [0.4, 0.5) is 8.78 Å². The summed E-state index contributed by atoms with van der Waals surface area (Å²) in [5.41, 5.74) is 0. The third-order valence-corrected chi connectivity index (χ3v) is 2.08. The van der Waals surface area contributed by atoms with E-state index in [9.17, 15) is 13.6 Å². The Labute approximate surface area is 70.5 Å². The van der Waals surface area contributed by atoms with Crippen molar-refractivity contribution in [2.24, 2.45) is 0 Å². The number of nitrogens with zero attached hydrogens (tertiary/aromatic N) is 1. The lowest BCUT2D eigenvalue weighted by molar-refractivity contribution is -0.121. The molecule has 1 heterocycles. The minimum Gasteiger partial charge on any atom is -0.302 e. The number of halogens is 2. The van der Waals surface area contributed by atoms with Gasteiger partial charge in [0.15, 0.2) is 0 Å². The van der Waals surface area contributed by atoms with Crippen LogP contribution in [0, 0.1) is 0 Å². The lowest BCUT2D eigenvalue weighted by Crippen LogP contribution is -2.35. The van der Waals surface area contributed by atoms with E-state index in [-0.39, 0.29) is 12.2 Å². The first-order valence-corrected chi connectivity index (χ1v) is 4.20. The van der Waals surface area contributed by atoms with Crippen molar-refractivity contribution in [2.45, 2.75) is 25.7 Å². The molecule has 0 radical (unpaired) electrons. The number of Topliss-reactive ketones (excluding diaryl/α,β-unsaturated/α-hetero) is 1. The average Bonchev–Trinajstić information content (AvgIpc) is 2.03. The molecule has 1 saturated heterocycles. The number of hydrogen-bond donors (Lipinski definition) is 0. The van der Waals surface area contributed by atoms with Gasteiger partial charge < -0.3 is 4.90 Å². The van der Waals surface area contributed by atoms with Crippen molar-refractivity contribution in [1.29, 1.82) is 0 Å². The quantitative estimate of drug-likeness (QED) is 0.647. The molecule has 0 aliphatic carbocycles. The third kappa shape index (κ3) is 3.26. The fourth-order valence-corrected chi connectivity index (χ4v) is 1.31. The van der Waals surface area contributed by atoms with E-state index < -0.39 is 6.43 Å². The third-order valence-electron chi connectivity index (χ3n) is 2.08. The van der Waals surface area contributed by atoms with Crippen molar-refractivity contribution in [3.8, 4) is 0 Å². The van der Waals surface area contributed by atoms with Crippen LogP contribution in [0.25, 0.3) is 0 Å². The van der Waals surface area contributed by atoms with E-state index in [0.29, 0.717) is 32.5 Å². The molecule has 0 unspecified atom stereocenters. The predicted octanol–water partition coefficient (Wildman–Crippen LogP) is 1.31. The second kappa shape index (κ2) is 4.50. The second-order valence-corrected chi connectivity index (χ2v) is 3.06. The van der Waals surface area contributed by atoms with Crippen molar-refractivity contribution in [1.82, 2.24) is 4.90 Å². The van der Waals surface area contributed by atoms with Crippen LogP contribution in [0.2, 0.25) is 0 Å². The van der Waals surface area contributed by atoms with Gasteiger partial charge in [-0.1, -0.05) is 0 Å². The minimum absolute atomic E-state index is 0.0752. The topological polar surface area (TPSA) is 20.3 Å². The minimum atomic E-state index is -2.22. The molecule has 0 amide bonds. The molecule has 4 heteroatoms. The van der Waals surface area contributed by atoms with E-state index in [0.717, 1.165) is 0 Å². The summed E-state index contributed by atoms with van der Waals surface area (Å²) in [5, 5.41) is 0. The molecule has 0 N–H and O–H groups in total. The maximum Gasteiger partial charge on any atom is 0.239 e. The molecule has 0 spiro atoms. The zero-order valence-electron chi connectivity index (χ0n) is 6.93. The molecule has 1 fully saturated rings. The zero-order chi connectivity index (χ0) is 8.97. The standard InChI is InChI=1S/C8H13F2NO/c9-8(10)3-6-11-4-1-7(12)2-5-11/h8H,1-6H2. The molecule has 0 atom stereocenters. The highest BCUT2D eigenvalue weighted by Crippen LogP contribution is 2.08. The monoisotopic (exact) mass is 177 g/mol. The average molecular weight is 177 g/mol. The van der Waals surface area contributed by atoms with Crippen molar-refractivity contribution in [2.75, 3.05) is 19.6 Å². The Balaban J connectivity index is 2.13. The van der Waals surface area contributed by atoms with Crippen LogP contribution in [-0.4, -0.2) is 36.7 Å². The van der Waals surface area contributed by atoms with Gasteiger partial charge in [-0.05, 0) is 0 Å². The predicted molar refractivity (Wildman–Crippen MR) is 41.3 cm³/mol. The Morgan fingerprint density at radius 1 is 1.33 bits per heavy atom. The molecule has 0 aromatic carbocycles. The van der Waals surface area contributed by atoms with Crippen LogP contribution >= 0.6 is 0 Å². The van der Waals surface area contributed by atoms with Crippen LogP contribution in [0.1, 0.15) is 19.3 Å². The van der Waals surface area contributed by atoms with Crippen LogP contribution in [0.3, 0.4) is 0 Å². The SMILES string of the molecule is O=C1CCN(CCC(F)F)CC1. The number of carbonyl (C=O) groups excluding carboxylic acids is 1. The number of rotatable bonds is 3. The van der Waals surface area contributed by atoms with Gasteiger partial charge in [-0.3, -0.25) is 4.79 Å². The number of hydrogen-bond acceptors (Lipinski definition) is 2. The Kier molecular flexibility index (Phi) is 3.59. The summed E-state index contributed by atoms with van der Waals surface area (Å²) in [7, 11) is 0. The van der Waals surface area contributed by atoms with Crippen LogP contribution in [0.15, 0.2) is 0 Å². The molecular weight excluding hydrogens is 164 g/mol. The number of piperidine rings is 1. The number of alkyl halides is 2. The Hall–Kier alpha value is -0.510. The molecule has 12 heavy (non-hydrogen) atoms. The largest absolute Gasteiger partial charge is 0.302 e. The summed E-state index contributed by atoms with van der Waals surface area (Å²) < 4.78 is 23.5. The first-order chi connectivity index (χ1) is 5.68. The lowest BCUT2D eigenvalue weighted by Gasteiger charge is -2.25. The fourth-order valence-electron chi connectivity index (χ4n) is 1.31. The van der Waals surface area contributed by atoms with E-state index in [1.54, 1.807) is 0 Å². The van der Waals surface area contributed by atoms with E-state index >= 15 is 0 Å². The van der Waals surface area contributed by atoms with E-state index in [1.165, 1.54) is 0 Å². The van der Waals surface area contributed by atoms with Gasteiger partial charge in [-0.2, -0.15) is 0 Å². The highest BCUT2D eigenvalue weighted by Gasteiger charge is 2.16.